The van der Waals surface area contributed by atoms with E-state index in [9.17, 15) is 4.79 Å². The van der Waals surface area contributed by atoms with Crippen LogP contribution in [-0.4, -0.2) is 28.9 Å². The lowest BCUT2D eigenvalue weighted by molar-refractivity contribution is -0.131. The van der Waals surface area contributed by atoms with Gasteiger partial charge in [-0.3, -0.25) is 4.79 Å². The van der Waals surface area contributed by atoms with Gasteiger partial charge in [-0.1, -0.05) is 0 Å². The molecule has 0 aliphatic heterocycles. The third kappa shape index (κ3) is 2.78. The van der Waals surface area contributed by atoms with E-state index >= 15 is 0 Å². The lowest BCUT2D eigenvalue weighted by atomic mass is 10.3. The van der Waals surface area contributed by atoms with Crippen molar-refractivity contribution in [2.45, 2.75) is 26.4 Å². The van der Waals surface area contributed by atoms with Gasteiger partial charge in [0.2, 0.25) is 5.91 Å². The Labute approximate surface area is 87.7 Å². The second-order valence-corrected chi connectivity index (χ2v) is 4.40. The molecule has 0 spiro atoms. The largest absolute Gasteiger partial charge is 0.338 e. The average molecular weight is 213 g/mol. The molecular weight excluding hydrogens is 198 g/mol. The Bertz CT molecular complexity index is 322. The van der Waals surface area contributed by atoms with E-state index in [1.54, 1.807) is 30.2 Å². The third-order valence-electron chi connectivity index (χ3n) is 1.83. The number of aryl methyl sites for hydroxylation is 1. The van der Waals surface area contributed by atoms with Crippen LogP contribution in [-0.2, 0) is 11.3 Å². The fourth-order valence-electron chi connectivity index (χ4n) is 1.15. The van der Waals surface area contributed by atoms with Crippen LogP contribution < -0.4 is 5.73 Å². The summed E-state index contributed by atoms with van der Waals surface area (Å²) in [6.07, 6.45) is 0. The Kier molecular flexibility index (Phi) is 3.60. The van der Waals surface area contributed by atoms with Gasteiger partial charge in [-0.15, -0.1) is 11.3 Å². The quantitative estimate of drug-likeness (QED) is 0.806. The highest BCUT2D eigenvalue weighted by Crippen LogP contribution is 2.09. The first-order chi connectivity index (χ1) is 6.50. The van der Waals surface area contributed by atoms with E-state index in [1.807, 2.05) is 12.3 Å². The maximum absolute atomic E-state index is 11.4. The Balaban J connectivity index is 2.57. The van der Waals surface area contributed by atoms with Crippen LogP contribution in [0.5, 0.6) is 0 Å². The van der Waals surface area contributed by atoms with Crippen molar-refractivity contribution in [2.24, 2.45) is 5.73 Å². The first-order valence-corrected chi connectivity index (χ1v) is 5.30. The smallest absolute Gasteiger partial charge is 0.239 e. The van der Waals surface area contributed by atoms with Crippen molar-refractivity contribution in [3.05, 3.63) is 16.1 Å². The van der Waals surface area contributed by atoms with Gasteiger partial charge < -0.3 is 10.6 Å². The molecule has 1 atom stereocenters. The molecule has 0 bridgehead atoms. The summed E-state index contributed by atoms with van der Waals surface area (Å²) in [6.45, 7) is 4.16. The SMILES string of the molecule is Cc1nc(CN(C)C(=O)[C@H](C)N)cs1. The number of amides is 1. The van der Waals surface area contributed by atoms with Crippen LogP contribution in [0.25, 0.3) is 0 Å². The second kappa shape index (κ2) is 4.52. The minimum atomic E-state index is -0.445. The lowest BCUT2D eigenvalue weighted by Crippen LogP contribution is -2.39. The molecule has 1 rings (SSSR count). The summed E-state index contributed by atoms with van der Waals surface area (Å²) in [5.74, 6) is -0.0596. The first-order valence-electron chi connectivity index (χ1n) is 4.42. The van der Waals surface area contributed by atoms with E-state index in [0.717, 1.165) is 10.7 Å². The third-order valence-corrected chi connectivity index (χ3v) is 2.65. The molecule has 0 aliphatic rings. The molecule has 4 nitrogen and oxygen atoms in total. The van der Waals surface area contributed by atoms with E-state index < -0.39 is 6.04 Å². The monoisotopic (exact) mass is 213 g/mol. The molecule has 1 aromatic heterocycles. The maximum atomic E-state index is 11.4. The Morgan fingerprint density at radius 3 is 2.86 bits per heavy atom. The van der Waals surface area contributed by atoms with Gasteiger partial charge in [0.1, 0.15) is 0 Å². The summed E-state index contributed by atoms with van der Waals surface area (Å²) in [5.41, 5.74) is 6.41. The van der Waals surface area contributed by atoms with Crippen molar-refractivity contribution in [3.63, 3.8) is 0 Å². The maximum Gasteiger partial charge on any atom is 0.239 e. The molecule has 1 amide bonds. The number of aromatic nitrogens is 1. The Morgan fingerprint density at radius 2 is 2.43 bits per heavy atom. The molecule has 5 heteroatoms. The van der Waals surface area contributed by atoms with Crippen LogP contribution in [0.4, 0.5) is 0 Å². The fraction of sp³-hybridized carbons (Fsp3) is 0.556. The summed E-state index contributed by atoms with van der Waals surface area (Å²) < 4.78 is 0. The van der Waals surface area contributed by atoms with Gasteiger partial charge in [0.25, 0.3) is 0 Å². The van der Waals surface area contributed by atoms with Gasteiger partial charge in [-0.2, -0.15) is 0 Å². The Hall–Kier alpha value is -0.940. The molecule has 2 N–H and O–H groups in total. The number of likely N-dealkylation sites (N-methyl/N-ethyl adjacent to an activating group) is 1. The predicted molar refractivity (Wildman–Crippen MR) is 57.0 cm³/mol. The molecule has 1 heterocycles. The van der Waals surface area contributed by atoms with Crippen LogP contribution in [0, 0.1) is 6.92 Å². The van der Waals surface area contributed by atoms with Crippen molar-refractivity contribution in [1.29, 1.82) is 0 Å². The van der Waals surface area contributed by atoms with Gasteiger partial charge in [-0.25, -0.2) is 4.98 Å². The number of carbonyl (C=O) groups excluding carboxylic acids is 1. The van der Waals surface area contributed by atoms with Gasteiger partial charge in [0, 0.05) is 12.4 Å². The number of nitrogens with two attached hydrogens (primary N) is 1. The summed E-state index contributed by atoms with van der Waals surface area (Å²) in [5, 5.41) is 2.97. The molecule has 0 radical (unpaired) electrons. The molecule has 0 unspecified atom stereocenters. The number of nitrogens with zero attached hydrogens (tertiary/aromatic N) is 2. The van der Waals surface area contributed by atoms with E-state index in [4.69, 9.17) is 5.73 Å². The zero-order valence-corrected chi connectivity index (χ0v) is 9.47. The number of hydrogen-bond donors (Lipinski definition) is 1. The summed E-state index contributed by atoms with van der Waals surface area (Å²) in [6, 6.07) is -0.445. The van der Waals surface area contributed by atoms with Crippen LogP contribution in [0.3, 0.4) is 0 Å². The van der Waals surface area contributed by atoms with Gasteiger partial charge in [0.15, 0.2) is 0 Å². The van der Waals surface area contributed by atoms with Crippen LogP contribution in [0.15, 0.2) is 5.38 Å². The molecule has 0 saturated carbocycles. The highest BCUT2D eigenvalue weighted by Gasteiger charge is 2.14. The Morgan fingerprint density at radius 1 is 1.79 bits per heavy atom. The van der Waals surface area contributed by atoms with Crippen LogP contribution in [0.1, 0.15) is 17.6 Å². The molecule has 14 heavy (non-hydrogen) atoms. The van der Waals surface area contributed by atoms with E-state index in [-0.39, 0.29) is 5.91 Å². The number of carbonyl (C=O) groups is 1. The molecular formula is C9H15N3OS. The van der Waals surface area contributed by atoms with E-state index in [0.29, 0.717) is 6.54 Å². The average Bonchev–Trinajstić information content (AvgIpc) is 2.49. The standard InChI is InChI=1S/C9H15N3OS/c1-6(10)9(13)12(3)4-8-5-14-7(2)11-8/h5-6H,4,10H2,1-3H3/t6-/m0/s1. The van der Waals surface area contributed by atoms with Crippen LogP contribution >= 0.6 is 11.3 Å². The summed E-state index contributed by atoms with van der Waals surface area (Å²) in [7, 11) is 1.74. The number of hydrogen-bond acceptors (Lipinski definition) is 4. The van der Waals surface area contributed by atoms with Gasteiger partial charge >= 0.3 is 0 Å². The summed E-state index contributed by atoms with van der Waals surface area (Å²) in [4.78, 5) is 17.3. The molecule has 0 fully saturated rings. The normalized spacial score (nSPS) is 12.6. The molecule has 0 aromatic carbocycles. The van der Waals surface area contributed by atoms with Gasteiger partial charge in [0.05, 0.1) is 23.3 Å². The van der Waals surface area contributed by atoms with E-state index in [2.05, 4.69) is 4.98 Å². The minimum absolute atomic E-state index is 0.0596. The second-order valence-electron chi connectivity index (χ2n) is 3.34. The van der Waals surface area contributed by atoms with Crippen molar-refractivity contribution in [3.8, 4) is 0 Å². The number of rotatable bonds is 3. The fourth-order valence-corrected chi connectivity index (χ4v) is 1.75. The highest BCUT2D eigenvalue weighted by molar-refractivity contribution is 7.09. The first kappa shape index (κ1) is 11.1. The van der Waals surface area contributed by atoms with Gasteiger partial charge in [-0.05, 0) is 13.8 Å². The van der Waals surface area contributed by atoms with Crippen molar-refractivity contribution in [1.82, 2.24) is 9.88 Å². The lowest BCUT2D eigenvalue weighted by Gasteiger charge is -2.17. The summed E-state index contributed by atoms with van der Waals surface area (Å²) >= 11 is 1.59. The highest BCUT2D eigenvalue weighted by atomic mass is 32.1. The van der Waals surface area contributed by atoms with Crippen molar-refractivity contribution in [2.75, 3.05) is 7.05 Å². The molecule has 78 valence electrons. The zero-order valence-electron chi connectivity index (χ0n) is 8.65. The zero-order chi connectivity index (χ0) is 10.7. The molecule has 0 aliphatic carbocycles. The predicted octanol–water partition coefficient (Wildman–Crippen LogP) is 0.757. The van der Waals surface area contributed by atoms with Crippen molar-refractivity contribution < 1.29 is 4.79 Å². The molecule has 0 saturated heterocycles. The van der Waals surface area contributed by atoms with Crippen LogP contribution in [0.2, 0.25) is 0 Å². The van der Waals surface area contributed by atoms with E-state index in [1.165, 1.54) is 0 Å². The topological polar surface area (TPSA) is 59.2 Å². The molecule has 1 aromatic rings. The number of thiazole rings is 1. The minimum Gasteiger partial charge on any atom is -0.338 e. The van der Waals surface area contributed by atoms with Crippen molar-refractivity contribution >= 4 is 17.2 Å².